The number of hydrogen-bond donors (Lipinski definition) is 0. The van der Waals surface area contributed by atoms with E-state index in [-0.39, 0.29) is 0 Å². The van der Waals surface area contributed by atoms with Crippen molar-refractivity contribution in [2.75, 3.05) is 38.0 Å². The van der Waals surface area contributed by atoms with Gasteiger partial charge in [0.1, 0.15) is 0 Å². The lowest BCUT2D eigenvalue weighted by Crippen LogP contribution is -2.08. The Labute approximate surface area is 256 Å². The molecule has 216 valence electrons. The van der Waals surface area contributed by atoms with E-state index in [4.69, 9.17) is 0 Å². The first kappa shape index (κ1) is 28.4. The quantitative estimate of drug-likeness (QED) is 0.169. The average Bonchev–Trinajstić information content (AvgIpc) is 3.05. The van der Waals surface area contributed by atoms with E-state index in [0.29, 0.717) is 0 Å². The molecule has 0 aromatic heterocycles. The van der Waals surface area contributed by atoms with Gasteiger partial charge < -0.3 is 9.80 Å². The van der Waals surface area contributed by atoms with Crippen LogP contribution in [0, 0.1) is 0 Å². The van der Waals surface area contributed by atoms with E-state index in [1.807, 2.05) is 113 Å². The third kappa shape index (κ3) is 6.19. The lowest BCUT2D eigenvalue weighted by molar-refractivity contribution is 1.14. The van der Waals surface area contributed by atoms with Gasteiger partial charge in [-0.15, -0.1) is 10.2 Å². The summed E-state index contributed by atoms with van der Waals surface area (Å²) >= 11 is 0. The molecule has 6 aromatic carbocycles. The van der Waals surface area contributed by atoms with Crippen LogP contribution in [0.3, 0.4) is 0 Å². The van der Waals surface area contributed by atoms with E-state index < -0.39 is 0 Å². The van der Waals surface area contributed by atoms with Crippen molar-refractivity contribution in [2.45, 2.75) is 0 Å². The third-order valence-electron chi connectivity index (χ3n) is 7.25. The smallest absolute Gasteiger partial charge is 0.0936 e. The number of nitrogens with zero attached hydrogens (tertiary/aromatic N) is 8. The molecule has 0 unspecified atom stereocenters. The minimum atomic E-state index is 0.724. The van der Waals surface area contributed by atoms with Gasteiger partial charge >= 0.3 is 0 Å². The molecule has 44 heavy (non-hydrogen) atoms. The molecule has 8 heteroatoms. The van der Waals surface area contributed by atoms with E-state index in [9.17, 15) is 0 Å². The Morgan fingerprint density at radius 2 is 0.614 bits per heavy atom. The van der Waals surface area contributed by atoms with Crippen molar-refractivity contribution in [2.24, 2.45) is 30.7 Å². The SMILES string of the molecule is CN(C)c1ccc(N=Nc2ccc(N=Nc3ccc(N=Nc4ccc(N(C)C)c5ccccc45)cc3)cc2)c2ccccc12. The second kappa shape index (κ2) is 12.6. The summed E-state index contributed by atoms with van der Waals surface area (Å²) < 4.78 is 0. The first-order chi connectivity index (χ1) is 21.5. The first-order valence-corrected chi connectivity index (χ1v) is 14.3. The minimum absolute atomic E-state index is 0.724. The van der Waals surface area contributed by atoms with Crippen LogP contribution >= 0.6 is 0 Å². The van der Waals surface area contributed by atoms with Crippen molar-refractivity contribution in [3.63, 3.8) is 0 Å². The molecule has 0 N–H and O–H groups in total. The fourth-order valence-corrected chi connectivity index (χ4v) is 5.00. The summed E-state index contributed by atoms with van der Waals surface area (Å²) in [6.45, 7) is 0. The van der Waals surface area contributed by atoms with Crippen LogP contribution in [-0.2, 0) is 0 Å². The Balaban J connectivity index is 1.12. The van der Waals surface area contributed by atoms with Gasteiger partial charge in [0.15, 0.2) is 0 Å². The van der Waals surface area contributed by atoms with Crippen LogP contribution in [0.1, 0.15) is 0 Å². The Morgan fingerprint density at radius 1 is 0.318 bits per heavy atom. The molecule has 8 nitrogen and oxygen atoms in total. The summed E-state index contributed by atoms with van der Waals surface area (Å²) in [5.74, 6) is 0. The second-order valence-corrected chi connectivity index (χ2v) is 10.7. The van der Waals surface area contributed by atoms with Gasteiger partial charge in [0.2, 0.25) is 0 Å². The van der Waals surface area contributed by atoms with Crippen LogP contribution < -0.4 is 9.80 Å². The van der Waals surface area contributed by atoms with Crippen molar-refractivity contribution in [1.29, 1.82) is 0 Å². The molecule has 0 aliphatic rings. The van der Waals surface area contributed by atoms with Crippen molar-refractivity contribution in [3.05, 3.63) is 121 Å². The lowest BCUT2D eigenvalue weighted by Gasteiger charge is -2.16. The topological polar surface area (TPSA) is 80.6 Å². The third-order valence-corrected chi connectivity index (χ3v) is 7.25. The molecule has 0 bridgehead atoms. The molecule has 0 heterocycles. The summed E-state index contributed by atoms with van der Waals surface area (Å²) in [5, 5.41) is 31.1. The van der Waals surface area contributed by atoms with Gasteiger partial charge in [-0.25, -0.2) is 0 Å². The molecule has 0 atom stereocenters. The molecule has 0 fully saturated rings. The van der Waals surface area contributed by atoms with Crippen LogP contribution in [0.5, 0.6) is 0 Å². The van der Waals surface area contributed by atoms with Crippen LogP contribution in [0.25, 0.3) is 21.5 Å². The minimum Gasteiger partial charge on any atom is -0.377 e. The summed E-state index contributed by atoms with van der Waals surface area (Å²) in [4.78, 5) is 4.20. The average molecular weight is 577 g/mol. The van der Waals surface area contributed by atoms with Gasteiger partial charge in [-0.1, -0.05) is 48.5 Å². The number of anilines is 2. The number of fused-ring (bicyclic) bond motifs is 2. The highest BCUT2D eigenvalue weighted by Gasteiger charge is 2.08. The van der Waals surface area contributed by atoms with Gasteiger partial charge in [-0.05, 0) is 72.8 Å². The van der Waals surface area contributed by atoms with Gasteiger partial charge in [-0.3, -0.25) is 0 Å². The monoisotopic (exact) mass is 576 g/mol. The van der Waals surface area contributed by atoms with Crippen molar-refractivity contribution < 1.29 is 0 Å². The molecule has 0 saturated heterocycles. The van der Waals surface area contributed by atoms with E-state index in [1.54, 1.807) is 0 Å². The van der Waals surface area contributed by atoms with E-state index in [0.717, 1.165) is 67.0 Å². The van der Waals surface area contributed by atoms with Crippen molar-refractivity contribution >= 4 is 67.0 Å². The molecule has 0 saturated carbocycles. The maximum atomic E-state index is 4.53. The second-order valence-electron chi connectivity index (χ2n) is 10.7. The Morgan fingerprint density at radius 3 is 0.932 bits per heavy atom. The maximum absolute atomic E-state index is 4.53. The first-order valence-electron chi connectivity index (χ1n) is 14.3. The van der Waals surface area contributed by atoms with Crippen molar-refractivity contribution in [3.8, 4) is 0 Å². The Hall–Kier alpha value is -5.76. The Bertz CT molecular complexity index is 1860. The van der Waals surface area contributed by atoms with Crippen LogP contribution in [0.15, 0.2) is 152 Å². The van der Waals surface area contributed by atoms with Gasteiger partial charge in [-0.2, -0.15) is 20.5 Å². The van der Waals surface area contributed by atoms with E-state index >= 15 is 0 Å². The van der Waals surface area contributed by atoms with Crippen LogP contribution in [0.2, 0.25) is 0 Å². The fourth-order valence-electron chi connectivity index (χ4n) is 5.00. The summed E-state index contributed by atoms with van der Waals surface area (Å²) in [6, 6.07) is 39.6. The zero-order valence-corrected chi connectivity index (χ0v) is 25.1. The molecule has 0 amide bonds. The van der Waals surface area contributed by atoms with Gasteiger partial charge in [0.25, 0.3) is 0 Å². The van der Waals surface area contributed by atoms with E-state index in [2.05, 4.69) is 76.9 Å². The normalized spacial score (nSPS) is 11.8. The zero-order chi connectivity index (χ0) is 30.5. The Kier molecular flexibility index (Phi) is 8.14. The number of benzene rings is 6. The number of rotatable bonds is 8. The zero-order valence-electron chi connectivity index (χ0n) is 25.1. The highest BCUT2D eigenvalue weighted by Crippen LogP contribution is 2.35. The number of hydrogen-bond acceptors (Lipinski definition) is 8. The summed E-state index contributed by atoms with van der Waals surface area (Å²) in [6.07, 6.45) is 0. The molecular weight excluding hydrogens is 544 g/mol. The summed E-state index contributed by atoms with van der Waals surface area (Å²) in [7, 11) is 8.16. The molecule has 0 aliphatic heterocycles. The van der Waals surface area contributed by atoms with Crippen molar-refractivity contribution in [1.82, 2.24) is 0 Å². The van der Waals surface area contributed by atoms with E-state index in [1.165, 1.54) is 0 Å². The molecule has 0 spiro atoms. The van der Waals surface area contributed by atoms with Crippen LogP contribution in [-0.4, -0.2) is 28.2 Å². The fraction of sp³-hybridized carbons (Fsp3) is 0.111. The molecule has 6 aromatic rings. The highest BCUT2D eigenvalue weighted by molar-refractivity contribution is 6.01. The summed E-state index contributed by atoms with van der Waals surface area (Å²) in [5.41, 5.74) is 6.87. The van der Waals surface area contributed by atoms with Gasteiger partial charge in [0, 0.05) is 61.1 Å². The highest BCUT2D eigenvalue weighted by atomic mass is 15.1. The molecular formula is C36H32N8. The number of azo groups is 3. The lowest BCUT2D eigenvalue weighted by atomic mass is 10.1. The maximum Gasteiger partial charge on any atom is 0.0936 e. The molecule has 0 aliphatic carbocycles. The largest absolute Gasteiger partial charge is 0.377 e. The van der Waals surface area contributed by atoms with Crippen LogP contribution in [0.4, 0.5) is 45.5 Å². The predicted molar refractivity (Wildman–Crippen MR) is 182 cm³/mol. The van der Waals surface area contributed by atoms with Gasteiger partial charge in [0.05, 0.1) is 34.1 Å². The molecule has 6 rings (SSSR count). The standard InChI is InChI=1S/C36H32N8/c1-43(2)35-23-21-33(29-9-5-7-11-31(29)35)41-39-27-17-13-25(14-18-27)37-38-26-15-19-28(20-16-26)40-42-34-22-24-36(44(3)4)32-12-8-6-10-30(32)34/h5-24H,1-4H3. The predicted octanol–water partition coefficient (Wildman–Crippen LogP) is 11.4. The molecule has 0 radical (unpaired) electrons.